The lowest BCUT2D eigenvalue weighted by molar-refractivity contribution is -0.121. The molecule has 3 aromatic rings. The number of nitrogens with one attached hydrogen (secondary N) is 2. The van der Waals surface area contributed by atoms with Crippen LogP contribution in [0.1, 0.15) is 18.1 Å². The van der Waals surface area contributed by atoms with Gasteiger partial charge in [-0.15, -0.1) is 0 Å². The Morgan fingerprint density at radius 1 is 1.32 bits per heavy atom. The van der Waals surface area contributed by atoms with Crippen LogP contribution in [-0.2, 0) is 17.8 Å². The summed E-state index contributed by atoms with van der Waals surface area (Å²) in [7, 11) is 0. The van der Waals surface area contributed by atoms with Crippen LogP contribution in [0.3, 0.4) is 0 Å². The third-order valence-electron chi connectivity index (χ3n) is 3.65. The first-order chi connectivity index (χ1) is 12.0. The molecule has 1 aromatic carbocycles. The number of fused-ring (bicyclic) bond motifs is 1. The molecule has 3 rings (SSSR count). The Kier molecular flexibility index (Phi) is 4.73. The van der Waals surface area contributed by atoms with Crippen molar-refractivity contribution >= 4 is 16.8 Å². The van der Waals surface area contributed by atoms with Crippen molar-refractivity contribution in [1.82, 2.24) is 25.0 Å². The zero-order chi connectivity index (χ0) is 17.8. The highest BCUT2D eigenvalue weighted by Crippen LogP contribution is 2.03. The molecular formula is C16H17N5O4. The van der Waals surface area contributed by atoms with E-state index < -0.39 is 17.2 Å². The largest absolute Gasteiger partial charge is 0.355 e. The Bertz CT molecular complexity index is 1020. The summed E-state index contributed by atoms with van der Waals surface area (Å²) in [5, 5.41) is 6.71. The van der Waals surface area contributed by atoms with Gasteiger partial charge in [-0.05, 0) is 25.5 Å². The molecule has 0 saturated heterocycles. The van der Waals surface area contributed by atoms with E-state index in [1.54, 1.807) is 31.2 Å². The fourth-order valence-electron chi connectivity index (χ4n) is 2.45. The number of nitrogens with zero attached hydrogens (tertiary/aromatic N) is 3. The summed E-state index contributed by atoms with van der Waals surface area (Å²) in [6.45, 7) is 1.77. The molecule has 9 heteroatoms. The van der Waals surface area contributed by atoms with Gasteiger partial charge >= 0.3 is 5.69 Å². The summed E-state index contributed by atoms with van der Waals surface area (Å²) in [6.07, 6.45) is 1.15. The second-order valence-electron chi connectivity index (χ2n) is 5.56. The smallest absolute Gasteiger partial charge is 0.329 e. The number of carbonyl (C=O) groups is 1. The molecule has 2 aromatic heterocycles. The molecule has 0 aliphatic rings. The van der Waals surface area contributed by atoms with Crippen LogP contribution in [-0.4, -0.2) is 32.1 Å². The van der Waals surface area contributed by atoms with E-state index in [9.17, 15) is 14.4 Å². The molecule has 130 valence electrons. The average molecular weight is 343 g/mol. The predicted molar refractivity (Wildman–Crippen MR) is 89.2 cm³/mol. The maximum absolute atomic E-state index is 12.3. The summed E-state index contributed by atoms with van der Waals surface area (Å²) in [5.41, 5.74) is -0.653. The van der Waals surface area contributed by atoms with E-state index in [1.807, 2.05) is 0 Å². The Balaban J connectivity index is 1.60. The number of aromatic amines is 1. The third-order valence-corrected chi connectivity index (χ3v) is 3.65. The molecule has 0 aliphatic heterocycles. The van der Waals surface area contributed by atoms with Crippen LogP contribution < -0.4 is 16.6 Å². The fourth-order valence-corrected chi connectivity index (χ4v) is 2.45. The number of benzene rings is 1. The SMILES string of the molecule is Cc1noc(CCCNC(=O)Cn2c(=O)[nH]c3ccccc3c2=O)n1. The number of amides is 1. The van der Waals surface area contributed by atoms with E-state index in [1.165, 1.54) is 0 Å². The van der Waals surface area contributed by atoms with Crippen molar-refractivity contribution in [3.63, 3.8) is 0 Å². The van der Waals surface area contributed by atoms with E-state index in [2.05, 4.69) is 20.4 Å². The molecular weight excluding hydrogens is 326 g/mol. The maximum atomic E-state index is 12.3. The molecule has 0 bridgehead atoms. The fraction of sp³-hybridized carbons (Fsp3) is 0.312. The second-order valence-corrected chi connectivity index (χ2v) is 5.56. The van der Waals surface area contributed by atoms with Crippen LogP contribution in [0.5, 0.6) is 0 Å². The first-order valence-electron chi connectivity index (χ1n) is 7.82. The van der Waals surface area contributed by atoms with Gasteiger partial charge in [-0.2, -0.15) is 4.98 Å². The number of hydrogen-bond donors (Lipinski definition) is 2. The quantitative estimate of drug-likeness (QED) is 0.613. The van der Waals surface area contributed by atoms with E-state index in [0.29, 0.717) is 42.0 Å². The molecule has 1 amide bonds. The van der Waals surface area contributed by atoms with Crippen molar-refractivity contribution in [1.29, 1.82) is 0 Å². The minimum absolute atomic E-state index is 0.335. The molecule has 0 aliphatic carbocycles. The lowest BCUT2D eigenvalue weighted by Gasteiger charge is -2.07. The zero-order valence-electron chi connectivity index (χ0n) is 13.6. The molecule has 0 radical (unpaired) electrons. The van der Waals surface area contributed by atoms with Gasteiger partial charge in [0.15, 0.2) is 5.82 Å². The van der Waals surface area contributed by atoms with Crippen LogP contribution in [0.25, 0.3) is 10.9 Å². The van der Waals surface area contributed by atoms with Gasteiger partial charge in [-0.3, -0.25) is 14.2 Å². The van der Waals surface area contributed by atoms with Crippen molar-refractivity contribution in [2.75, 3.05) is 6.54 Å². The molecule has 0 unspecified atom stereocenters. The maximum Gasteiger partial charge on any atom is 0.329 e. The molecule has 0 atom stereocenters. The summed E-state index contributed by atoms with van der Waals surface area (Å²) in [4.78, 5) is 43.0. The third kappa shape index (κ3) is 3.82. The monoisotopic (exact) mass is 343 g/mol. The predicted octanol–water partition coefficient (Wildman–Crippen LogP) is 0.130. The topological polar surface area (TPSA) is 123 Å². The van der Waals surface area contributed by atoms with Crippen LogP contribution >= 0.6 is 0 Å². The lowest BCUT2D eigenvalue weighted by atomic mass is 10.2. The molecule has 0 spiro atoms. The first-order valence-corrected chi connectivity index (χ1v) is 7.82. The standard InChI is InChI=1S/C16H17N5O4/c1-10-18-14(25-20-10)7-4-8-17-13(22)9-21-15(23)11-5-2-3-6-12(11)19-16(21)24/h2-3,5-6H,4,7-9H2,1H3,(H,17,22)(H,19,24). The van der Waals surface area contributed by atoms with Crippen molar-refractivity contribution in [3.05, 3.63) is 56.8 Å². The number of H-pyrrole nitrogens is 1. The van der Waals surface area contributed by atoms with Crippen molar-refractivity contribution in [2.45, 2.75) is 26.3 Å². The van der Waals surface area contributed by atoms with Crippen LogP contribution in [0.15, 0.2) is 38.4 Å². The Labute approximate surface area is 141 Å². The van der Waals surface area contributed by atoms with Gasteiger partial charge in [0, 0.05) is 13.0 Å². The lowest BCUT2D eigenvalue weighted by Crippen LogP contribution is -2.40. The zero-order valence-corrected chi connectivity index (χ0v) is 13.6. The highest BCUT2D eigenvalue weighted by Gasteiger charge is 2.11. The minimum Gasteiger partial charge on any atom is -0.355 e. The number of rotatable bonds is 6. The number of carbonyl (C=O) groups excluding carboxylic acids is 1. The van der Waals surface area contributed by atoms with Crippen molar-refractivity contribution in [2.24, 2.45) is 0 Å². The van der Waals surface area contributed by atoms with Gasteiger partial charge in [-0.25, -0.2) is 4.79 Å². The highest BCUT2D eigenvalue weighted by molar-refractivity contribution is 5.78. The minimum atomic E-state index is -0.611. The van der Waals surface area contributed by atoms with Gasteiger partial charge in [0.05, 0.1) is 10.9 Å². The summed E-state index contributed by atoms with van der Waals surface area (Å²) in [6, 6.07) is 6.67. The highest BCUT2D eigenvalue weighted by atomic mass is 16.5. The van der Waals surface area contributed by atoms with Crippen LogP contribution in [0.4, 0.5) is 0 Å². The molecule has 2 N–H and O–H groups in total. The molecule has 9 nitrogen and oxygen atoms in total. The second kappa shape index (κ2) is 7.12. The molecule has 0 saturated carbocycles. The normalized spacial score (nSPS) is 10.9. The van der Waals surface area contributed by atoms with Gasteiger partial charge in [-0.1, -0.05) is 17.3 Å². The summed E-state index contributed by atoms with van der Waals surface area (Å²) >= 11 is 0. The summed E-state index contributed by atoms with van der Waals surface area (Å²) in [5.74, 6) is 0.660. The number of para-hydroxylation sites is 1. The van der Waals surface area contributed by atoms with Crippen molar-refractivity contribution in [3.8, 4) is 0 Å². The number of aryl methyl sites for hydroxylation is 2. The summed E-state index contributed by atoms with van der Waals surface area (Å²) < 4.78 is 5.86. The molecule has 2 heterocycles. The van der Waals surface area contributed by atoms with E-state index in [4.69, 9.17) is 4.52 Å². The van der Waals surface area contributed by atoms with Crippen LogP contribution in [0.2, 0.25) is 0 Å². The number of aromatic nitrogens is 4. The van der Waals surface area contributed by atoms with Crippen LogP contribution in [0, 0.1) is 6.92 Å². The molecule has 0 fully saturated rings. The molecule has 25 heavy (non-hydrogen) atoms. The van der Waals surface area contributed by atoms with Gasteiger partial charge in [0.25, 0.3) is 5.56 Å². The average Bonchev–Trinajstić information content (AvgIpc) is 3.01. The van der Waals surface area contributed by atoms with E-state index in [0.717, 1.165) is 4.57 Å². The number of hydrogen-bond acceptors (Lipinski definition) is 6. The Morgan fingerprint density at radius 2 is 2.12 bits per heavy atom. The Morgan fingerprint density at radius 3 is 2.88 bits per heavy atom. The van der Waals surface area contributed by atoms with E-state index in [-0.39, 0.29) is 6.54 Å². The van der Waals surface area contributed by atoms with Gasteiger partial charge in [0.1, 0.15) is 6.54 Å². The Hall–Kier alpha value is -3.23. The van der Waals surface area contributed by atoms with Crippen molar-refractivity contribution < 1.29 is 9.32 Å². The van der Waals surface area contributed by atoms with Gasteiger partial charge < -0.3 is 14.8 Å². The van der Waals surface area contributed by atoms with Gasteiger partial charge in [0.2, 0.25) is 11.8 Å². The van der Waals surface area contributed by atoms with E-state index >= 15 is 0 Å². The first kappa shape index (κ1) is 16.6.